The lowest BCUT2D eigenvalue weighted by Crippen LogP contribution is -2.23. The highest BCUT2D eigenvalue weighted by Crippen LogP contribution is 2.30. The fraction of sp³-hybridized carbons (Fsp3) is 0. The van der Waals surface area contributed by atoms with Crippen LogP contribution in [0.2, 0.25) is 0 Å². The summed E-state index contributed by atoms with van der Waals surface area (Å²) in [6.07, 6.45) is 0. The number of nitrogens with one attached hydrogen (secondary N) is 4. The van der Waals surface area contributed by atoms with Crippen molar-refractivity contribution in [3.05, 3.63) is 69.2 Å². The number of rotatable bonds is 3. The number of anilines is 2. The van der Waals surface area contributed by atoms with Gasteiger partial charge in [0.15, 0.2) is 0 Å². The number of hydrogen-bond acceptors (Lipinski definition) is 6. The first-order chi connectivity index (χ1) is 14.6. The number of urea groups is 1. The molecule has 0 unspecified atom stereocenters. The lowest BCUT2D eigenvalue weighted by Gasteiger charge is -2.11. The van der Waals surface area contributed by atoms with Crippen LogP contribution in [0.4, 0.5) is 16.2 Å². The molecular weight excluding hydrogens is 428 g/mol. The maximum Gasteiger partial charge on any atom is 0.323 e. The van der Waals surface area contributed by atoms with Crippen molar-refractivity contribution in [1.29, 1.82) is 0 Å². The quantitative estimate of drug-likeness (QED) is 0.262. The molecule has 6 N–H and O–H groups in total. The third-order valence-electron chi connectivity index (χ3n) is 4.53. The Morgan fingerprint density at radius 3 is 2.39 bits per heavy atom. The van der Waals surface area contributed by atoms with Gasteiger partial charge in [-0.2, -0.15) is 8.42 Å². The molecule has 158 valence electrons. The van der Waals surface area contributed by atoms with Crippen LogP contribution in [-0.4, -0.2) is 34.3 Å². The molecule has 0 bridgehead atoms. The van der Waals surface area contributed by atoms with Crippen LogP contribution in [0.25, 0.3) is 21.5 Å². The minimum Gasteiger partial charge on any atom is -0.507 e. The number of phenols is 1. The predicted octanol–water partition coefficient (Wildman–Crippen LogP) is 1.97. The van der Waals surface area contributed by atoms with E-state index in [0.29, 0.717) is 5.39 Å². The molecule has 4 rings (SSSR count). The van der Waals surface area contributed by atoms with Gasteiger partial charge in [0, 0.05) is 17.1 Å². The van der Waals surface area contributed by atoms with Gasteiger partial charge in [0.05, 0.1) is 21.4 Å². The highest BCUT2D eigenvalue weighted by atomic mass is 32.2. The molecule has 0 saturated carbocycles. The highest BCUT2D eigenvalue weighted by molar-refractivity contribution is 7.85. The Morgan fingerprint density at radius 2 is 1.65 bits per heavy atom. The SMILES string of the molecule is O=C(Nc1ccc2c(O)cc(S(=O)(=O)O)cc2c1)Nc1cccc2c(=O)[nH][nH]c(=O)c12. The van der Waals surface area contributed by atoms with Gasteiger partial charge in [-0.15, -0.1) is 0 Å². The number of aromatic nitrogens is 2. The summed E-state index contributed by atoms with van der Waals surface area (Å²) in [4.78, 5) is 35.9. The van der Waals surface area contributed by atoms with Crippen molar-refractivity contribution in [2.45, 2.75) is 4.90 Å². The molecule has 0 atom stereocenters. The smallest absolute Gasteiger partial charge is 0.323 e. The van der Waals surface area contributed by atoms with Gasteiger partial charge in [-0.1, -0.05) is 6.07 Å². The molecule has 0 radical (unpaired) electrons. The van der Waals surface area contributed by atoms with Gasteiger partial charge < -0.3 is 15.7 Å². The highest BCUT2D eigenvalue weighted by Gasteiger charge is 2.15. The zero-order valence-electron chi connectivity index (χ0n) is 15.5. The number of carbonyl (C=O) groups excluding carboxylic acids is 1. The average molecular weight is 442 g/mol. The van der Waals surface area contributed by atoms with E-state index in [9.17, 15) is 32.5 Å². The molecule has 11 nitrogen and oxygen atoms in total. The summed E-state index contributed by atoms with van der Waals surface area (Å²) in [7, 11) is -4.54. The minimum atomic E-state index is -4.54. The number of hydrogen-bond donors (Lipinski definition) is 6. The lowest BCUT2D eigenvalue weighted by molar-refractivity contribution is 0.262. The number of benzene rings is 3. The molecule has 0 spiro atoms. The van der Waals surface area contributed by atoms with Gasteiger partial charge in [0.25, 0.3) is 21.2 Å². The van der Waals surface area contributed by atoms with Crippen LogP contribution >= 0.6 is 0 Å². The molecule has 12 heteroatoms. The first kappa shape index (κ1) is 20.1. The molecule has 0 fully saturated rings. The summed E-state index contributed by atoms with van der Waals surface area (Å²) in [5, 5.41) is 20.0. The molecule has 31 heavy (non-hydrogen) atoms. The fourth-order valence-electron chi connectivity index (χ4n) is 3.17. The predicted molar refractivity (Wildman–Crippen MR) is 113 cm³/mol. The summed E-state index contributed by atoms with van der Waals surface area (Å²) in [6.45, 7) is 0. The van der Waals surface area contributed by atoms with Crippen molar-refractivity contribution in [3.8, 4) is 5.75 Å². The van der Waals surface area contributed by atoms with Crippen molar-refractivity contribution in [3.63, 3.8) is 0 Å². The molecule has 4 aromatic rings. The van der Waals surface area contributed by atoms with Gasteiger partial charge in [-0.3, -0.25) is 24.3 Å². The Hall–Kier alpha value is -4.16. The van der Waals surface area contributed by atoms with Gasteiger partial charge in [-0.05, 0) is 41.8 Å². The van der Waals surface area contributed by atoms with Gasteiger partial charge in [0.2, 0.25) is 0 Å². The topological polar surface area (TPSA) is 181 Å². The molecule has 0 saturated heterocycles. The van der Waals surface area contributed by atoms with Gasteiger partial charge in [0.1, 0.15) is 5.75 Å². The van der Waals surface area contributed by atoms with E-state index in [0.717, 1.165) is 12.1 Å². The second-order valence-electron chi connectivity index (χ2n) is 6.57. The Bertz CT molecular complexity index is 1590. The Kier molecular flexibility index (Phi) is 4.72. The van der Waals surface area contributed by atoms with Crippen molar-refractivity contribution in [1.82, 2.24) is 10.2 Å². The van der Waals surface area contributed by atoms with E-state index in [1.54, 1.807) is 0 Å². The average Bonchev–Trinajstić information content (AvgIpc) is 2.70. The van der Waals surface area contributed by atoms with E-state index in [2.05, 4.69) is 20.8 Å². The molecule has 2 amide bonds. The third-order valence-corrected chi connectivity index (χ3v) is 5.37. The zero-order valence-corrected chi connectivity index (χ0v) is 16.3. The molecule has 1 aromatic heterocycles. The van der Waals surface area contributed by atoms with Gasteiger partial charge >= 0.3 is 6.03 Å². The minimum absolute atomic E-state index is 0.00243. The fourth-order valence-corrected chi connectivity index (χ4v) is 3.70. The van der Waals surface area contributed by atoms with E-state index in [1.165, 1.54) is 36.4 Å². The number of carbonyl (C=O) groups is 1. The van der Waals surface area contributed by atoms with Gasteiger partial charge in [-0.25, -0.2) is 4.79 Å². The first-order valence-electron chi connectivity index (χ1n) is 8.69. The van der Waals surface area contributed by atoms with Crippen molar-refractivity contribution < 1.29 is 22.9 Å². The first-order valence-corrected chi connectivity index (χ1v) is 10.1. The number of phenolic OH excluding ortho intramolecular Hbond substituents is 1. The number of aromatic hydroxyl groups is 1. The van der Waals surface area contributed by atoms with E-state index in [4.69, 9.17) is 0 Å². The number of amides is 2. The molecule has 0 aliphatic carbocycles. The summed E-state index contributed by atoms with van der Waals surface area (Å²) in [5.41, 5.74) is -0.773. The molecule has 3 aromatic carbocycles. The van der Waals surface area contributed by atoms with Crippen LogP contribution in [0.15, 0.2) is 63.0 Å². The largest absolute Gasteiger partial charge is 0.507 e. The van der Waals surface area contributed by atoms with Crippen molar-refractivity contribution in [2.75, 3.05) is 10.6 Å². The second-order valence-corrected chi connectivity index (χ2v) is 7.99. The molecule has 0 aliphatic rings. The molecular formula is C19H14N4O7S. The van der Waals surface area contributed by atoms with Crippen LogP contribution < -0.4 is 21.8 Å². The van der Waals surface area contributed by atoms with Crippen LogP contribution in [0.3, 0.4) is 0 Å². The Morgan fingerprint density at radius 1 is 0.903 bits per heavy atom. The molecule has 1 heterocycles. The van der Waals surface area contributed by atoms with Crippen molar-refractivity contribution >= 4 is 49.1 Å². The number of H-pyrrole nitrogens is 2. The van der Waals surface area contributed by atoms with E-state index in [-0.39, 0.29) is 33.3 Å². The van der Waals surface area contributed by atoms with Crippen molar-refractivity contribution in [2.24, 2.45) is 0 Å². The summed E-state index contributed by atoms with van der Waals surface area (Å²) < 4.78 is 31.9. The normalized spacial score (nSPS) is 11.5. The summed E-state index contributed by atoms with van der Waals surface area (Å²) in [6, 6.07) is 10.0. The standard InChI is InChI=1S/C19H14N4O7S/c24-15-8-11(31(28,29)30)7-9-6-10(4-5-12(9)15)20-19(27)21-14-3-1-2-13-16(14)18(26)23-22-17(13)25/h1-8,24H,(H,22,25)(H,23,26)(H2,20,21,27)(H,28,29,30). The third kappa shape index (κ3) is 3.84. The number of aromatic amines is 2. The van der Waals surface area contributed by atoms with Crippen LogP contribution in [0.1, 0.15) is 0 Å². The lowest BCUT2D eigenvalue weighted by atomic mass is 10.1. The van der Waals surface area contributed by atoms with E-state index in [1.807, 2.05) is 0 Å². The monoisotopic (exact) mass is 442 g/mol. The zero-order chi connectivity index (χ0) is 22.3. The molecule has 0 aliphatic heterocycles. The Labute approximate surface area is 173 Å². The second kappa shape index (κ2) is 7.27. The van der Waals surface area contributed by atoms with Crippen LogP contribution in [0.5, 0.6) is 5.75 Å². The van der Waals surface area contributed by atoms with E-state index >= 15 is 0 Å². The Balaban J connectivity index is 1.67. The van der Waals surface area contributed by atoms with E-state index < -0.39 is 32.2 Å². The van der Waals surface area contributed by atoms with Crippen LogP contribution in [0, 0.1) is 0 Å². The van der Waals surface area contributed by atoms with Crippen LogP contribution in [-0.2, 0) is 10.1 Å². The maximum absolute atomic E-state index is 12.4. The summed E-state index contributed by atoms with van der Waals surface area (Å²) >= 11 is 0. The maximum atomic E-state index is 12.4. The number of fused-ring (bicyclic) bond motifs is 2. The summed E-state index contributed by atoms with van der Waals surface area (Å²) in [5.74, 6) is -0.360.